The van der Waals surface area contributed by atoms with Gasteiger partial charge in [-0.2, -0.15) is 0 Å². The molecule has 31 heavy (non-hydrogen) atoms. The molecule has 0 saturated heterocycles. The predicted octanol–water partition coefficient (Wildman–Crippen LogP) is 2.17. The molecule has 2 aromatic carbocycles. The molecule has 0 saturated carbocycles. The molecule has 0 aliphatic rings. The van der Waals surface area contributed by atoms with Crippen LogP contribution in [-0.4, -0.2) is 32.8 Å². The summed E-state index contributed by atoms with van der Waals surface area (Å²) >= 11 is 1.03. The predicted molar refractivity (Wildman–Crippen MR) is 114 cm³/mol. The minimum atomic E-state index is -3.87. The zero-order valence-corrected chi connectivity index (χ0v) is 17.5. The van der Waals surface area contributed by atoms with E-state index in [4.69, 9.17) is 4.74 Å². The van der Waals surface area contributed by atoms with Gasteiger partial charge in [0.1, 0.15) is 4.21 Å². The summed E-state index contributed by atoms with van der Waals surface area (Å²) in [5, 5.41) is 1.61. The lowest BCUT2D eigenvalue weighted by atomic mass is 10.2. The van der Waals surface area contributed by atoms with Gasteiger partial charge in [0, 0.05) is 5.56 Å². The van der Waals surface area contributed by atoms with Crippen LogP contribution in [0.1, 0.15) is 20.7 Å². The SMILES string of the molecule is O=C(COC(=O)c1ccccc1NS(=O)(=O)c1cccs1)NNC(=O)c1ccccc1. The van der Waals surface area contributed by atoms with E-state index in [0.717, 1.165) is 11.3 Å². The third-order valence-corrected chi connectivity index (χ3v) is 6.60. The molecule has 3 rings (SSSR count). The molecule has 3 aromatic rings. The maximum Gasteiger partial charge on any atom is 0.340 e. The molecular weight excluding hydrogens is 442 g/mol. The van der Waals surface area contributed by atoms with E-state index in [1.54, 1.807) is 47.8 Å². The first-order valence-electron chi connectivity index (χ1n) is 8.83. The molecular formula is C20H17N3O6S2. The fourth-order valence-electron chi connectivity index (χ4n) is 2.39. The van der Waals surface area contributed by atoms with Gasteiger partial charge in [0.15, 0.2) is 6.61 Å². The van der Waals surface area contributed by atoms with Gasteiger partial charge >= 0.3 is 5.97 Å². The van der Waals surface area contributed by atoms with E-state index >= 15 is 0 Å². The molecule has 0 aliphatic carbocycles. The minimum absolute atomic E-state index is 0.0127. The standard InChI is InChI=1S/C20H17N3O6S2/c24-17(21-22-19(25)14-7-2-1-3-8-14)13-29-20(26)15-9-4-5-10-16(15)23-31(27,28)18-11-6-12-30-18/h1-12,23H,13H2,(H,21,24)(H,22,25). The Morgan fingerprint density at radius 3 is 2.29 bits per heavy atom. The molecule has 0 aliphatic heterocycles. The van der Waals surface area contributed by atoms with Gasteiger partial charge < -0.3 is 4.74 Å². The zero-order chi connectivity index (χ0) is 22.3. The van der Waals surface area contributed by atoms with Crippen LogP contribution < -0.4 is 15.6 Å². The Morgan fingerprint density at radius 1 is 0.871 bits per heavy atom. The van der Waals surface area contributed by atoms with Crippen LogP contribution in [0.3, 0.4) is 0 Å². The molecule has 11 heteroatoms. The molecule has 0 radical (unpaired) electrons. The number of hydrazine groups is 1. The van der Waals surface area contributed by atoms with Crippen LogP contribution in [0.5, 0.6) is 0 Å². The number of esters is 1. The summed E-state index contributed by atoms with van der Waals surface area (Å²) in [5.41, 5.74) is 4.62. The van der Waals surface area contributed by atoms with Gasteiger partial charge in [0.2, 0.25) is 0 Å². The average Bonchev–Trinajstić information content (AvgIpc) is 3.32. The van der Waals surface area contributed by atoms with Crippen molar-refractivity contribution in [2.24, 2.45) is 0 Å². The number of hydrogen-bond donors (Lipinski definition) is 3. The topological polar surface area (TPSA) is 131 Å². The largest absolute Gasteiger partial charge is 0.452 e. The van der Waals surface area contributed by atoms with Crippen molar-refractivity contribution in [3.63, 3.8) is 0 Å². The summed E-state index contributed by atoms with van der Waals surface area (Å²) in [4.78, 5) is 36.1. The van der Waals surface area contributed by atoms with Gasteiger partial charge in [-0.3, -0.25) is 25.2 Å². The van der Waals surface area contributed by atoms with E-state index in [-0.39, 0.29) is 15.5 Å². The fraction of sp³-hybridized carbons (Fsp3) is 0.0500. The van der Waals surface area contributed by atoms with Crippen molar-refractivity contribution in [2.75, 3.05) is 11.3 Å². The van der Waals surface area contributed by atoms with Crippen LogP contribution in [0.4, 0.5) is 5.69 Å². The number of ether oxygens (including phenoxy) is 1. The second kappa shape index (κ2) is 9.87. The maximum atomic E-state index is 12.4. The molecule has 0 spiro atoms. The van der Waals surface area contributed by atoms with Crippen molar-refractivity contribution in [3.05, 3.63) is 83.2 Å². The van der Waals surface area contributed by atoms with Crippen molar-refractivity contribution in [3.8, 4) is 0 Å². The first-order chi connectivity index (χ1) is 14.9. The first kappa shape index (κ1) is 22.0. The molecule has 1 heterocycles. The number of anilines is 1. The summed E-state index contributed by atoms with van der Waals surface area (Å²) in [7, 11) is -3.87. The highest BCUT2D eigenvalue weighted by Gasteiger charge is 2.20. The third-order valence-electron chi connectivity index (χ3n) is 3.84. The number of carbonyl (C=O) groups is 3. The number of sulfonamides is 1. The van der Waals surface area contributed by atoms with Crippen molar-refractivity contribution in [1.29, 1.82) is 0 Å². The Hall–Kier alpha value is -3.70. The normalized spacial score (nSPS) is 10.7. The number of benzene rings is 2. The number of nitrogens with one attached hydrogen (secondary N) is 3. The van der Waals surface area contributed by atoms with Gasteiger partial charge in [-0.05, 0) is 35.7 Å². The summed E-state index contributed by atoms with van der Waals surface area (Å²) in [6, 6.07) is 17.1. The van der Waals surface area contributed by atoms with Gasteiger partial charge in [-0.15, -0.1) is 11.3 Å². The summed E-state index contributed by atoms with van der Waals surface area (Å²) < 4.78 is 32.2. The average molecular weight is 460 g/mol. The summed E-state index contributed by atoms with van der Waals surface area (Å²) in [6.07, 6.45) is 0. The van der Waals surface area contributed by atoms with E-state index in [1.165, 1.54) is 24.3 Å². The zero-order valence-electron chi connectivity index (χ0n) is 15.9. The van der Waals surface area contributed by atoms with E-state index in [0.29, 0.717) is 5.56 Å². The monoisotopic (exact) mass is 459 g/mol. The Labute approximate surface area is 182 Å². The number of thiophene rings is 1. The quantitative estimate of drug-likeness (QED) is 0.367. The van der Waals surface area contributed by atoms with E-state index < -0.39 is 34.4 Å². The van der Waals surface area contributed by atoms with Crippen LogP contribution in [0.25, 0.3) is 0 Å². The van der Waals surface area contributed by atoms with Crippen molar-refractivity contribution < 1.29 is 27.5 Å². The van der Waals surface area contributed by atoms with Crippen molar-refractivity contribution >= 4 is 44.8 Å². The van der Waals surface area contributed by atoms with Crippen molar-refractivity contribution in [1.82, 2.24) is 10.9 Å². The lowest BCUT2D eigenvalue weighted by Gasteiger charge is -2.12. The smallest absolute Gasteiger partial charge is 0.340 e. The second-order valence-corrected chi connectivity index (χ2v) is 8.88. The fourth-order valence-corrected chi connectivity index (χ4v) is 4.47. The number of amides is 2. The van der Waals surface area contributed by atoms with E-state index in [2.05, 4.69) is 15.6 Å². The van der Waals surface area contributed by atoms with Crippen molar-refractivity contribution in [2.45, 2.75) is 4.21 Å². The highest BCUT2D eigenvalue weighted by atomic mass is 32.2. The number of carbonyl (C=O) groups excluding carboxylic acids is 3. The molecule has 0 atom stereocenters. The number of para-hydroxylation sites is 1. The molecule has 1 aromatic heterocycles. The van der Waals surface area contributed by atoms with Gasteiger partial charge in [-0.1, -0.05) is 36.4 Å². The second-order valence-electron chi connectivity index (χ2n) is 6.03. The van der Waals surface area contributed by atoms with E-state index in [9.17, 15) is 22.8 Å². The lowest BCUT2D eigenvalue weighted by Crippen LogP contribution is -2.43. The molecule has 0 unspecified atom stereocenters. The Morgan fingerprint density at radius 2 is 1.58 bits per heavy atom. The van der Waals surface area contributed by atoms with Gasteiger partial charge in [0.25, 0.3) is 21.8 Å². The number of hydrogen-bond acceptors (Lipinski definition) is 7. The summed E-state index contributed by atoms with van der Waals surface area (Å²) in [5.74, 6) is -2.21. The molecule has 3 N–H and O–H groups in total. The highest BCUT2D eigenvalue weighted by Crippen LogP contribution is 2.23. The summed E-state index contributed by atoms with van der Waals surface area (Å²) in [6.45, 7) is -0.681. The Balaban J connectivity index is 1.57. The molecule has 0 bridgehead atoms. The Kier molecular flexibility index (Phi) is 7.00. The molecule has 160 valence electrons. The number of rotatable bonds is 7. The highest BCUT2D eigenvalue weighted by molar-refractivity contribution is 7.94. The van der Waals surface area contributed by atoms with Gasteiger partial charge in [0.05, 0.1) is 11.3 Å². The third kappa shape index (κ3) is 5.90. The molecule has 9 nitrogen and oxygen atoms in total. The van der Waals surface area contributed by atoms with Gasteiger partial charge in [-0.25, -0.2) is 13.2 Å². The van der Waals surface area contributed by atoms with Crippen LogP contribution in [0.15, 0.2) is 76.3 Å². The lowest BCUT2D eigenvalue weighted by molar-refractivity contribution is -0.125. The van der Waals surface area contributed by atoms with Crippen LogP contribution >= 0.6 is 11.3 Å². The Bertz CT molecular complexity index is 1180. The molecule has 0 fully saturated rings. The van der Waals surface area contributed by atoms with Crippen LogP contribution in [-0.2, 0) is 19.6 Å². The minimum Gasteiger partial charge on any atom is -0.452 e. The van der Waals surface area contributed by atoms with Crippen LogP contribution in [0.2, 0.25) is 0 Å². The van der Waals surface area contributed by atoms with E-state index in [1.807, 2.05) is 0 Å². The first-order valence-corrected chi connectivity index (χ1v) is 11.2. The van der Waals surface area contributed by atoms with Crippen LogP contribution in [0, 0.1) is 0 Å². The molecule has 2 amide bonds. The maximum absolute atomic E-state index is 12.4.